The molecule has 0 aromatic carbocycles. The molecule has 2 aliphatic heterocycles. The first-order valence-electron chi connectivity index (χ1n) is 5.81. The highest BCUT2D eigenvalue weighted by Crippen LogP contribution is 2.36. The summed E-state index contributed by atoms with van der Waals surface area (Å²) in [6.45, 7) is 0. The lowest BCUT2D eigenvalue weighted by Gasteiger charge is -2.21. The van der Waals surface area contributed by atoms with Gasteiger partial charge in [-0.25, -0.2) is 4.98 Å². The number of fused-ring (bicyclic) bond motifs is 2. The molecule has 1 aromatic heterocycles. The van der Waals surface area contributed by atoms with Crippen LogP contribution in [0.4, 0.5) is 5.82 Å². The number of rotatable bonds is 3. The van der Waals surface area contributed by atoms with E-state index in [0.29, 0.717) is 11.9 Å². The number of hydrogen-bond acceptors (Lipinski definition) is 5. The van der Waals surface area contributed by atoms with E-state index in [2.05, 4.69) is 15.3 Å². The minimum Gasteiger partial charge on any atom is -0.489 e. The average molecular weight is 237 g/mol. The van der Waals surface area contributed by atoms with E-state index >= 15 is 0 Å². The van der Waals surface area contributed by atoms with Crippen molar-refractivity contribution in [3.05, 3.63) is 16.7 Å². The molecule has 2 N–H and O–H groups in total. The Morgan fingerprint density at radius 2 is 2.47 bits per heavy atom. The molecule has 2 aliphatic rings. The second-order valence-electron chi connectivity index (χ2n) is 4.47. The van der Waals surface area contributed by atoms with Crippen LogP contribution in [-0.2, 0) is 4.74 Å². The van der Waals surface area contributed by atoms with Gasteiger partial charge in [-0.1, -0.05) is 0 Å². The van der Waals surface area contributed by atoms with Gasteiger partial charge >= 0.3 is 0 Å². The number of anilines is 1. The Morgan fingerprint density at radius 1 is 1.59 bits per heavy atom. The zero-order chi connectivity index (χ0) is 11.8. The maximum absolute atomic E-state index is 11.5. The Morgan fingerprint density at radius 3 is 3.12 bits per heavy atom. The van der Waals surface area contributed by atoms with Crippen LogP contribution >= 0.6 is 0 Å². The third-order valence-corrected chi connectivity index (χ3v) is 3.44. The molecule has 1 aromatic rings. The molecule has 6 nitrogen and oxygen atoms in total. The van der Waals surface area contributed by atoms with Crippen LogP contribution in [0, 0.1) is 0 Å². The maximum Gasteiger partial charge on any atom is 0.295 e. The monoisotopic (exact) mass is 237 g/mol. The fraction of sp³-hybridized carbons (Fsp3) is 0.636. The van der Waals surface area contributed by atoms with Gasteiger partial charge in [0.25, 0.3) is 5.56 Å². The van der Waals surface area contributed by atoms with E-state index in [1.54, 1.807) is 0 Å². The fourth-order valence-corrected chi connectivity index (χ4v) is 2.64. The van der Waals surface area contributed by atoms with Crippen molar-refractivity contribution in [2.45, 2.75) is 37.5 Å². The molecule has 3 heterocycles. The topological polar surface area (TPSA) is 76.2 Å². The average Bonchev–Trinajstić information content (AvgIpc) is 2.91. The lowest BCUT2D eigenvalue weighted by atomic mass is 9.95. The Balaban J connectivity index is 1.81. The van der Waals surface area contributed by atoms with Crippen molar-refractivity contribution in [2.75, 3.05) is 12.4 Å². The number of nitrogens with zero attached hydrogens (tertiary/aromatic N) is 1. The van der Waals surface area contributed by atoms with Gasteiger partial charge in [-0.05, 0) is 19.3 Å². The van der Waals surface area contributed by atoms with Crippen LogP contribution in [-0.4, -0.2) is 35.3 Å². The zero-order valence-corrected chi connectivity index (χ0v) is 9.60. The van der Waals surface area contributed by atoms with Crippen molar-refractivity contribution in [1.29, 1.82) is 0 Å². The molecule has 0 spiro atoms. The van der Waals surface area contributed by atoms with Crippen molar-refractivity contribution < 1.29 is 9.47 Å². The summed E-state index contributed by atoms with van der Waals surface area (Å²) in [6.07, 6.45) is 5.18. The molecule has 2 fully saturated rings. The second-order valence-corrected chi connectivity index (χ2v) is 4.47. The van der Waals surface area contributed by atoms with E-state index in [0.717, 1.165) is 19.3 Å². The first kappa shape index (κ1) is 10.6. The Bertz CT molecular complexity index is 473. The molecule has 3 unspecified atom stereocenters. The fourth-order valence-electron chi connectivity index (χ4n) is 2.64. The molecule has 6 heteroatoms. The summed E-state index contributed by atoms with van der Waals surface area (Å²) in [5.41, 5.74) is -0.269. The van der Waals surface area contributed by atoms with Crippen LogP contribution in [0.25, 0.3) is 0 Å². The Labute approximate surface area is 98.4 Å². The van der Waals surface area contributed by atoms with Gasteiger partial charge in [0.05, 0.1) is 31.7 Å². The lowest BCUT2D eigenvalue weighted by molar-refractivity contribution is 0.102. The molecule has 0 radical (unpaired) electrons. The number of H-pyrrole nitrogens is 1. The van der Waals surface area contributed by atoms with E-state index in [1.165, 1.54) is 13.4 Å². The molecular weight excluding hydrogens is 222 g/mol. The minimum absolute atomic E-state index is 0.232. The highest BCUT2D eigenvalue weighted by molar-refractivity contribution is 5.49. The quantitative estimate of drug-likeness (QED) is 0.801. The Hall–Kier alpha value is -1.56. The predicted molar refractivity (Wildman–Crippen MR) is 61.3 cm³/mol. The van der Waals surface area contributed by atoms with Crippen LogP contribution in [0.3, 0.4) is 0 Å². The van der Waals surface area contributed by atoms with E-state index in [1.807, 2.05) is 0 Å². The molecule has 3 atom stereocenters. The summed E-state index contributed by atoms with van der Waals surface area (Å²) in [6, 6.07) is 0.233. The van der Waals surface area contributed by atoms with Crippen molar-refractivity contribution in [3.8, 4) is 5.75 Å². The zero-order valence-electron chi connectivity index (χ0n) is 9.60. The molecule has 0 amide bonds. The van der Waals surface area contributed by atoms with Gasteiger partial charge < -0.3 is 19.8 Å². The SMILES string of the molecule is COc1c(NC2CC3CCC2O3)nc[nH]c1=O. The van der Waals surface area contributed by atoms with Crippen LogP contribution < -0.4 is 15.6 Å². The molecule has 2 bridgehead atoms. The maximum atomic E-state index is 11.5. The smallest absolute Gasteiger partial charge is 0.295 e. The van der Waals surface area contributed by atoms with Gasteiger partial charge in [0, 0.05) is 0 Å². The standard InChI is InChI=1S/C11H15N3O3/c1-16-9-10(12-5-13-11(9)15)14-7-4-6-2-3-8(7)17-6/h5-8H,2-4H2,1H3,(H2,12,13,14,15). The highest BCUT2D eigenvalue weighted by atomic mass is 16.5. The summed E-state index contributed by atoms with van der Waals surface area (Å²) >= 11 is 0. The minimum atomic E-state index is -0.269. The lowest BCUT2D eigenvalue weighted by Crippen LogP contribution is -2.31. The molecule has 0 aliphatic carbocycles. The third-order valence-electron chi connectivity index (χ3n) is 3.44. The van der Waals surface area contributed by atoms with Gasteiger partial charge in [-0.3, -0.25) is 4.79 Å². The largest absolute Gasteiger partial charge is 0.489 e. The number of aromatic nitrogens is 2. The van der Waals surface area contributed by atoms with Crippen LogP contribution in [0.2, 0.25) is 0 Å². The molecule has 0 saturated carbocycles. The van der Waals surface area contributed by atoms with Gasteiger partial charge in [-0.2, -0.15) is 0 Å². The summed E-state index contributed by atoms with van der Waals surface area (Å²) in [5.74, 6) is 0.729. The van der Waals surface area contributed by atoms with Crippen molar-refractivity contribution in [1.82, 2.24) is 9.97 Å². The molecule has 92 valence electrons. The number of aromatic amines is 1. The first-order valence-corrected chi connectivity index (χ1v) is 5.81. The highest BCUT2D eigenvalue weighted by Gasteiger charge is 2.41. The van der Waals surface area contributed by atoms with Crippen molar-refractivity contribution in [3.63, 3.8) is 0 Å². The summed E-state index contributed by atoms with van der Waals surface area (Å²) in [7, 11) is 1.47. The Kier molecular flexibility index (Phi) is 2.51. The predicted octanol–water partition coefficient (Wildman–Crippen LogP) is 0.510. The van der Waals surface area contributed by atoms with E-state index in [9.17, 15) is 4.79 Å². The van der Waals surface area contributed by atoms with Crippen LogP contribution in [0.1, 0.15) is 19.3 Å². The summed E-state index contributed by atoms with van der Waals surface area (Å²) in [5, 5.41) is 3.25. The van der Waals surface area contributed by atoms with E-state index in [-0.39, 0.29) is 23.5 Å². The second kappa shape index (κ2) is 4.03. The molecule has 2 saturated heterocycles. The van der Waals surface area contributed by atoms with Gasteiger partial charge in [-0.15, -0.1) is 0 Å². The normalized spacial score (nSPS) is 30.5. The summed E-state index contributed by atoms with van der Waals surface area (Å²) < 4.78 is 10.8. The summed E-state index contributed by atoms with van der Waals surface area (Å²) in [4.78, 5) is 18.1. The molecule has 17 heavy (non-hydrogen) atoms. The van der Waals surface area contributed by atoms with Gasteiger partial charge in [0.2, 0.25) is 5.75 Å². The number of hydrogen-bond donors (Lipinski definition) is 2. The molecular formula is C11H15N3O3. The van der Waals surface area contributed by atoms with E-state index in [4.69, 9.17) is 9.47 Å². The number of methoxy groups -OCH3 is 1. The molecule has 3 rings (SSSR count). The number of nitrogens with one attached hydrogen (secondary N) is 2. The van der Waals surface area contributed by atoms with Crippen LogP contribution in [0.15, 0.2) is 11.1 Å². The van der Waals surface area contributed by atoms with Crippen molar-refractivity contribution >= 4 is 5.82 Å². The third kappa shape index (κ3) is 1.78. The van der Waals surface area contributed by atoms with Crippen LogP contribution in [0.5, 0.6) is 5.75 Å². The first-order chi connectivity index (χ1) is 8.28. The number of ether oxygens (including phenoxy) is 2. The van der Waals surface area contributed by atoms with Gasteiger partial charge in [0.15, 0.2) is 5.82 Å². The van der Waals surface area contributed by atoms with E-state index < -0.39 is 0 Å². The van der Waals surface area contributed by atoms with Gasteiger partial charge in [0.1, 0.15) is 0 Å². The van der Waals surface area contributed by atoms with Crippen molar-refractivity contribution in [2.24, 2.45) is 0 Å².